The van der Waals surface area contributed by atoms with Crippen LogP contribution in [0.5, 0.6) is 0 Å². The maximum atomic E-state index is 14.2. The Kier molecular flexibility index (Phi) is 3.14. The van der Waals surface area contributed by atoms with Gasteiger partial charge >= 0.3 is 0 Å². The molecule has 0 aliphatic carbocycles. The molecular formula is C14H18FN3O2. The second-order valence-corrected chi connectivity index (χ2v) is 5.63. The van der Waals surface area contributed by atoms with Crippen LogP contribution in [0.15, 0.2) is 16.7 Å². The number of nitrogens with one attached hydrogen (secondary N) is 1. The van der Waals surface area contributed by atoms with Crippen molar-refractivity contribution in [3.05, 3.63) is 23.6 Å². The number of aliphatic hydroxyl groups is 1. The van der Waals surface area contributed by atoms with Gasteiger partial charge in [-0.1, -0.05) is 5.16 Å². The first-order chi connectivity index (χ1) is 9.47. The number of nitrogens with zero attached hydrogens (tertiary/aromatic N) is 2. The van der Waals surface area contributed by atoms with Gasteiger partial charge in [-0.2, -0.15) is 0 Å². The molecule has 0 spiro atoms. The van der Waals surface area contributed by atoms with Crippen LogP contribution in [0.2, 0.25) is 0 Å². The number of anilines is 1. The van der Waals surface area contributed by atoms with Gasteiger partial charge in [0.25, 0.3) is 0 Å². The Morgan fingerprint density at radius 3 is 2.70 bits per heavy atom. The van der Waals surface area contributed by atoms with Gasteiger partial charge < -0.3 is 19.8 Å². The Hall–Kier alpha value is -1.66. The molecule has 0 bridgehead atoms. The number of halogens is 1. The number of aromatic nitrogens is 1. The molecule has 0 unspecified atom stereocenters. The minimum atomic E-state index is -1.12. The summed E-state index contributed by atoms with van der Waals surface area (Å²) >= 11 is 0. The van der Waals surface area contributed by atoms with Crippen LogP contribution in [-0.2, 0) is 5.60 Å². The van der Waals surface area contributed by atoms with Crippen LogP contribution in [0.1, 0.15) is 19.5 Å². The zero-order valence-electron chi connectivity index (χ0n) is 11.6. The van der Waals surface area contributed by atoms with Crippen molar-refractivity contribution in [2.24, 2.45) is 0 Å². The zero-order valence-corrected chi connectivity index (χ0v) is 11.6. The van der Waals surface area contributed by atoms with Gasteiger partial charge in [0.05, 0.1) is 11.1 Å². The van der Waals surface area contributed by atoms with Gasteiger partial charge in [0, 0.05) is 32.2 Å². The first kappa shape index (κ1) is 13.3. The van der Waals surface area contributed by atoms with Gasteiger partial charge in [0.15, 0.2) is 5.58 Å². The smallest absolute Gasteiger partial charge is 0.170 e. The number of benzene rings is 1. The highest BCUT2D eigenvalue weighted by molar-refractivity contribution is 5.84. The number of fused-ring (bicyclic) bond motifs is 1. The molecule has 5 nitrogen and oxygen atoms in total. The lowest BCUT2D eigenvalue weighted by Crippen LogP contribution is -2.43. The van der Waals surface area contributed by atoms with Gasteiger partial charge in [-0.3, -0.25) is 0 Å². The summed E-state index contributed by atoms with van der Waals surface area (Å²) in [6.45, 7) is 6.45. The molecule has 0 radical (unpaired) electrons. The molecule has 1 saturated heterocycles. The van der Waals surface area contributed by atoms with E-state index in [0.717, 1.165) is 26.2 Å². The van der Waals surface area contributed by atoms with Crippen molar-refractivity contribution in [2.45, 2.75) is 19.4 Å². The van der Waals surface area contributed by atoms with Crippen molar-refractivity contribution in [3.63, 3.8) is 0 Å². The standard InChI is InChI=1S/C14H18FN3O2/c1-14(2,19)13-9-7-11(18-5-3-16-4-6-18)10(15)8-12(9)20-17-13/h7-8,16,19H,3-6H2,1-2H3. The van der Waals surface area contributed by atoms with Gasteiger partial charge in [0.1, 0.15) is 17.1 Å². The lowest BCUT2D eigenvalue weighted by molar-refractivity contribution is 0.0716. The van der Waals surface area contributed by atoms with Crippen LogP contribution in [0.4, 0.5) is 10.1 Å². The Bertz CT molecular complexity index is 627. The Morgan fingerprint density at radius 1 is 1.35 bits per heavy atom. The largest absolute Gasteiger partial charge is 0.384 e. The summed E-state index contributed by atoms with van der Waals surface area (Å²) in [7, 11) is 0. The monoisotopic (exact) mass is 279 g/mol. The van der Waals surface area contributed by atoms with Gasteiger partial charge in [0.2, 0.25) is 0 Å². The minimum Gasteiger partial charge on any atom is -0.384 e. The lowest BCUT2D eigenvalue weighted by Gasteiger charge is -2.29. The van der Waals surface area contributed by atoms with Crippen molar-refractivity contribution >= 4 is 16.7 Å². The van der Waals surface area contributed by atoms with Crippen molar-refractivity contribution in [1.29, 1.82) is 0 Å². The molecule has 108 valence electrons. The molecule has 2 heterocycles. The molecule has 20 heavy (non-hydrogen) atoms. The van der Waals surface area contributed by atoms with Gasteiger partial charge in [-0.15, -0.1) is 0 Å². The van der Waals surface area contributed by atoms with E-state index in [2.05, 4.69) is 10.5 Å². The van der Waals surface area contributed by atoms with Crippen LogP contribution in [-0.4, -0.2) is 36.4 Å². The molecule has 0 amide bonds. The molecule has 6 heteroatoms. The van der Waals surface area contributed by atoms with E-state index in [0.29, 0.717) is 22.4 Å². The van der Waals surface area contributed by atoms with Crippen molar-refractivity contribution in [1.82, 2.24) is 10.5 Å². The van der Waals surface area contributed by atoms with E-state index in [1.807, 2.05) is 4.90 Å². The van der Waals surface area contributed by atoms with E-state index in [9.17, 15) is 9.50 Å². The second kappa shape index (κ2) is 4.71. The third kappa shape index (κ3) is 2.25. The Balaban J connectivity index is 2.10. The van der Waals surface area contributed by atoms with E-state index in [-0.39, 0.29) is 5.82 Å². The maximum Gasteiger partial charge on any atom is 0.170 e. The van der Waals surface area contributed by atoms with Gasteiger partial charge in [-0.25, -0.2) is 4.39 Å². The molecule has 1 fully saturated rings. The summed E-state index contributed by atoms with van der Waals surface area (Å²) in [5, 5.41) is 17.9. The number of piperazine rings is 1. The van der Waals surface area contributed by atoms with Crippen LogP contribution < -0.4 is 10.2 Å². The molecule has 0 saturated carbocycles. The highest BCUT2D eigenvalue weighted by atomic mass is 19.1. The fourth-order valence-corrected chi connectivity index (χ4v) is 2.54. The Labute approximate surface area is 116 Å². The normalized spacial score (nSPS) is 16.9. The van der Waals surface area contributed by atoms with Crippen LogP contribution >= 0.6 is 0 Å². The van der Waals surface area contributed by atoms with Crippen LogP contribution in [0.25, 0.3) is 11.0 Å². The highest BCUT2D eigenvalue weighted by Crippen LogP contribution is 2.32. The average molecular weight is 279 g/mol. The quantitative estimate of drug-likeness (QED) is 0.874. The predicted molar refractivity (Wildman–Crippen MR) is 74.3 cm³/mol. The third-order valence-electron chi connectivity index (χ3n) is 3.58. The molecule has 0 atom stereocenters. The predicted octanol–water partition coefficient (Wildman–Crippen LogP) is 1.60. The minimum absolute atomic E-state index is 0.321. The van der Waals surface area contributed by atoms with E-state index in [1.165, 1.54) is 6.07 Å². The van der Waals surface area contributed by atoms with Gasteiger partial charge in [-0.05, 0) is 19.9 Å². The summed E-state index contributed by atoms with van der Waals surface area (Å²) < 4.78 is 19.3. The second-order valence-electron chi connectivity index (χ2n) is 5.63. The fraction of sp³-hybridized carbons (Fsp3) is 0.500. The molecule has 2 N–H and O–H groups in total. The molecule has 2 aromatic rings. The van der Waals surface area contributed by atoms with E-state index in [4.69, 9.17) is 4.52 Å². The SMILES string of the molecule is CC(C)(O)c1noc2cc(F)c(N3CCNCC3)cc12. The van der Waals surface area contributed by atoms with Crippen LogP contribution in [0, 0.1) is 5.82 Å². The topological polar surface area (TPSA) is 61.5 Å². The molecule has 1 aromatic heterocycles. The molecule has 1 aliphatic heterocycles. The third-order valence-corrected chi connectivity index (χ3v) is 3.58. The summed E-state index contributed by atoms with van der Waals surface area (Å²) in [5.41, 5.74) is 0.208. The molecule has 3 rings (SSSR count). The van der Waals surface area contributed by atoms with E-state index in [1.54, 1.807) is 19.9 Å². The lowest BCUT2D eigenvalue weighted by atomic mass is 10.0. The Morgan fingerprint density at radius 2 is 2.05 bits per heavy atom. The van der Waals surface area contributed by atoms with Crippen molar-refractivity contribution in [3.8, 4) is 0 Å². The van der Waals surface area contributed by atoms with Crippen molar-refractivity contribution < 1.29 is 14.0 Å². The molecular weight excluding hydrogens is 261 g/mol. The first-order valence-electron chi connectivity index (χ1n) is 6.74. The average Bonchev–Trinajstić information content (AvgIpc) is 2.81. The number of rotatable bonds is 2. The number of hydrogen-bond donors (Lipinski definition) is 2. The van der Waals surface area contributed by atoms with Crippen LogP contribution in [0.3, 0.4) is 0 Å². The molecule has 1 aromatic carbocycles. The van der Waals surface area contributed by atoms with Crippen molar-refractivity contribution in [2.75, 3.05) is 31.1 Å². The van der Waals surface area contributed by atoms with E-state index >= 15 is 0 Å². The summed E-state index contributed by atoms with van der Waals surface area (Å²) in [5.74, 6) is -0.321. The zero-order chi connectivity index (χ0) is 14.3. The fourth-order valence-electron chi connectivity index (χ4n) is 2.54. The first-order valence-corrected chi connectivity index (χ1v) is 6.74. The number of hydrogen-bond acceptors (Lipinski definition) is 5. The maximum absolute atomic E-state index is 14.2. The summed E-state index contributed by atoms with van der Waals surface area (Å²) in [4.78, 5) is 1.99. The summed E-state index contributed by atoms with van der Waals surface area (Å²) in [6.07, 6.45) is 0. The molecule has 1 aliphatic rings. The van der Waals surface area contributed by atoms with E-state index < -0.39 is 5.60 Å². The highest BCUT2D eigenvalue weighted by Gasteiger charge is 2.26. The summed E-state index contributed by atoms with van der Waals surface area (Å²) in [6, 6.07) is 3.06.